The van der Waals surface area contributed by atoms with Crippen LogP contribution in [-0.2, 0) is 9.84 Å². The molecular formula is C17H22N4O4S. The second-order valence-corrected chi connectivity index (χ2v) is 7.55. The highest BCUT2D eigenvalue weighted by Gasteiger charge is 2.18. The third-order valence-corrected chi connectivity index (χ3v) is 5.19. The molecule has 2 aromatic carbocycles. The number of para-hydroxylation sites is 1. The van der Waals surface area contributed by atoms with Crippen molar-refractivity contribution >= 4 is 32.9 Å². The molecule has 0 saturated carbocycles. The zero-order valence-electron chi connectivity index (χ0n) is 14.1. The van der Waals surface area contributed by atoms with E-state index in [1.807, 2.05) is 18.2 Å². The van der Waals surface area contributed by atoms with Gasteiger partial charge in [0, 0.05) is 24.5 Å². The van der Waals surface area contributed by atoms with Crippen molar-refractivity contribution in [2.45, 2.75) is 4.90 Å². The topological polar surface area (TPSA) is 134 Å². The highest BCUT2D eigenvalue weighted by molar-refractivity contribution is 7.91. The van der Waals surface area contributed by atoms with Crippen LogP contribution in [0.3, 0.4) is 0 Å². The summed E-state index contributed by atoms with van der Waals surface area (Å²) >= 11 is 0. The van der Waals surface area contributed by atoms with Gasteiger partial charge in [-0.2, -0.15) is 0 Å². The van der Waals surface area contributed by atoms with Crippen molar-refractivity contribution < 1.29 is 18.3 Å². The lowest BCUT2D eigenvalue weighted by molar-refractivity contribution is 0.252. The van der Waals surface area contributed by atoms with Crippen molar-refractivity contribution in [1.29, 1.82) is 0 Å². The monoisotopic (exact) mass is 378 g/mol. The molecule has 2 aromatic rings. The number of anilines is 3. The number of aliphatic hydroxyl groups is 1. The number of carbonyl (C=O) groups excluding carboxylic acids is 1. The fourth-order valence-corrected chi connectivity index (χ4v) is 3.49. The maximum atomic E-state index is 12.2. The van der Waals surface area contributed by atoms with Gasteiger partial charge in [-0.1, -0.05) is 18.2 Å². The first-order valence-electron chi connectivity index (χ1n) is 7.99. The van der Waals surface area contributed by atoms with Gasteiger partial charge in [-0.3, -0.25) is 0 Å². The van der Waals surface area contributed by atoms with Crippen molar-refractivity contribution in [1.82, 2.24) is 5.32 Å². The van der Waals surface area contributed by atoms with E-state index >= 15 is 0 Å². The summed E-state index contributed by atoms with van der Waals surface area (Å²) in [6, 6.07) is 13.1. The lowest BCUT2D eigenvalue weighted by Crippen LogP contribution is -2.32. The van der Waals surface area contributed by atoms with Gasteiger partial charge >= 0.3 is 6.03 Å². The number of nitrogens with one attached hydrogen (secondary N) is 3. The maximum absolute atomic E-state index is 12.2. The van der Waals surface area contributed by atoms with E-state index in [9.17, 15) is 13.2 Å². The molecule has 9 heteroatoms. The van der Waals surface area contributed by atoms with Crippen LogP contribution in [0.5, 0.6) is 0 Å². The van der Waals surface area contributed by atoms with Gasteiger partial charge in [0.2, 0.25) is 0 Å². The first-order valence-corrected chi connectivity index (χ1v) is 9.64. The minimum atomic E-state index is -3.65. The highest BCUT2D eigenvalue weighted by Crippen LogP contribution is 2.24. The molecule has 140 valence electrons. The fourth-order valence-electron chi connectivity index (χ4n) is 2.24. The van der Waals surface area contributed by atoms with Crippen LogP contribution in [0.4, 0.5) is 21.9 Å². The van der Waals surface area contributed by atoms with E-state index in [0.717, 1.165) is 0 Å². The molecule has 8 nitrogen and oxygen atoms in total. The Hall–Kier alpha value is -2.78. The average Bonchev–Trinajstić information content (AvgIpc) is 2.60. The summed E-state index contributed by atoms with van der Waals surface area (Å²) in [5.74, 6) is -0.386. The molecule has 0 bridgehead atoms. The Morgan fingerprint density at radius 2 is 1.81 bits per heavy atom. The molecule has 0 aromatic heterocycles. The zero-order valence-corrected chi connectivity index (χ0v) is 14.9. The van der Waals surface area contributed by atoms with Crippen LogP contribution in [0.15, 0.2) is 53.4 Å². The molecule has 0 unspecified atom stereocenters. The second-order valence-electron chi connectivity index (χ2n) is 5.47. The van der Waals surface area contributed by atoms with Gasteiger partial charge in [-0.05, 0) is 30.3 Å². The lowest BCUT2D eigenvalue weighted by atomic mass is 10.3. The Kier molecular flexibility index (Phi) is 6.81. The van der Waals surface area contributed by atoms with Crippen molar-refractivity contribution in [3.63, 3.8) is 0 Å². The molecule has 26 heavy (non-hydrogen) atoms. The number of urea groups is 1. The van der Waals surface area contributed by atoms with E-state index in [1.54, 1.807) is 24.3 Å². The Labute approximate surface area is 152 Å². The van der Waals surface area contributed by atoms with Crippen LogP contribution in [0.25, 0.3) is 0 Å². The SMILES string of the molecule is Nc1ccc(NCCNC(=O)Nc2ccccc2)c(S(=O)(=O)CCO)c1. The molecule has 0 aliphatic heterocycles. The molecular weight excluding hydrogens is 356 g/mol. The lowest BCUT2D eigenvalue weighted by Gasteiger charge is -2.13. The summed E-state index contributed by atoms with van der Waals surface area (Å²) in [7, 11) is -3.65. The smallest absolute Gasteiger partial charge is 0.319 e. The van der Waals surface area contributed by atoms with E-state index in [1.165, 1.54) is 6.07 Å². The fraction of sp³-hybridized carbons (Fsp3) is 0.235. The molecule has 0 saturated heterocycles. The maximum Gasteiger partial charge on any atom is 0.319 e. The van der Waals surface area contributed by atoms with Crippen molar-refractivity contribution in [2.24, 2.45) is 0 Å². The number of amides is 2. The highest BCUT2D eigenvalue weighted by atomic mass is 32.2. The molecule has 0 spiro atoms. The molecule has 0 radical (unpaired) electrons. The molecule has 6 N–H and O–H groups in total. The van der Waals surface area contributed by atoms with E-state index in [2.05, 4.69) is 16.0 Å². The van der Waals surface area contributed by atoms with Gasteiger partial charge in [0.05, 0.1) is 22.9 Å². The number of aliphatic hydroxyl groups excluding tert-OH is 1. The summed E-state index contributed by atoms with van der Waals surface area (Å²) in [6.45, 7) is 0.119. The van der Waals surface area contributed by atoms with E-state index < -0.39 is 16.4 Å². The number of sulfone groups is 1. The van der Waals surface area contributed by atoms with Crippen LogP contribution < -0.4 is 21.7 Å². The summed E-state index contributed by atoms with van der Waals surface area (Å²) in [4.78, 5) is 11.8. The Balaban J connectivity index is 1.90. The molecule has 0 fully saturated rings. The van der Waals surface area contributed by atoms with Gasteiger partial charge in [-0.25, -0.2) is 13.2 Å². The van der Waals surface area contributed by atoms with E-state index in [0.29, 0.717) is 23.6 Å². The largest absolute Gasteiger partial charge is 0.399 e. The van der Waals surface area contributed by atoms with Crippen LogP contribution in [0, 0.1) is 0 Å². The first-order chi connectivity index (χ1) is 12.4. The zero-order chi connectivity index (χ0) is 19.0. The number of nitrogen functional groups attached to an aromatic ring is 1. The van der Waals surface area contributed by atoms with Gasteiger partial charge in [0.25, 0.3) is 0 Å². The van der Waals surface area contributed by atoms with E-state index in [4.69, 9.17) is 10.8 Å². The van der Waals surface area contributed by atoms with Crippen LogP contribution >= 0.6 is 0 Å². The molecule has 0 aliphatic rings. The quantitative estimate of drug-likeness (QED) is 0.347. The number of benzene rings is 2. The summed E-state index contributed by atoms with van der Waals surface area (Å²) in [5, 5.41) is 17.3. The predicted molar refractivity (Wildman–Crippen MR) is 102 cm³/mol. The Bertz CT molecular complexity index is 841. The standard InChI is InChI=1S/C17H22N4O4S/c18-13-6-7-15(16(12-13)26(24,25)11-10-22)19-8-9-20-17(23)21-14-4-2-1-3-5-14/h1-7,12,19,22H,8-11,18H2,(H2,20,21,23). The number of carbonyl (C=O) groups is 1. The van der Waals surface area contributed by atoms with Crippen LogP contribution in [0.1, 0.15) is 0 Å². The summed E-state index contributed by atoms with van der Waals surface area (Å²) < 4.78 is 24.4. The number of hydrogen-bond acceptors (Lipinski definition) is 6. The number of nitrogens with two attached hydrogens (primary N) is 1. The molecule has 0 aliphatic carbocycles. The van der Waals surface area contributed by atoms with Crippen molar-refractivity contribution in [2.75, 3.05) is 41.8 Å². The third-order valence-electron chi connectivity index (χ3n) is 3.46. The summed E-state index contributed by atoms with van der Waals surface area (Å²) in [6.07, 6.45) is 0. The Morgan fingerprint density at radius 1 is 1.08 bits per heavy atom. The van der Waals surface area contributed by atoms with Crippen LogP contribution in [0.2, 0.25) is 0 Å². The van der Waals surface area contributed by atoms with E-state index in [-0.39, 0.29) is 23.2 Å². The number of hydrogen-bond donors (Lipinski definition) is 5. The molecule has 0 heterocycles. The van der Waals surface area contributed by atoms with Gasteiger partial charge < -0.3 is 26.8 Å². The van der Waals surface area contributed by atoms with Crippen molar-refractivity contribution in [3.8, 4) is 0 Å². The number of rotatable bonds is 8. The predicted octanol–water partition coefficient (Wildman–Crippen LogP) is 1.27. The Morgan fingerprint density at radius 3 is 2.50 bits per heavy atom. The van der Waals surface area contributed by atoms with Gasteiger partial charge in [-0.15, -0.1) is 0 Å². The first kappa shape index (κ1) is 19.5. The third kappa shape index (κ3) is 5.64. The molecule has 2 rings (SSSR count). The average molecular weight is 378 g/mol. The second kappa shape index (κ2) is 9.07. The summed E-state index contributed by atoms with van der Waals surface area (Å²) in [5.41, 5.74) is 7.03. The van der Waals surface area contributed by atoms with Gasteiger partial charge in [0.1, 0.15) is 0 Å². The normalized spacial score (nSPS) is 11.0. The molecule has 0 atom stereocenters. The van der Waals surface area contributed by atoms with Crippen molar-refractivity contribution in [3.05, 3.63) is 48.5 Å². The minimum Gasteiger partial charge on any atom is -0.399 e. The van der Waals surface area contributed by atoms with Crippen LogP contribution in [-0.4, -0.2) is 45.0 Å². The minimum absolute atomic E-state index is 0.0280. The van der Waals surface area contributed by atoms with Gasteiger partial charge in [0.15, 0.2) is 9.84 Å². The molecule has 2 amide bonds.